The molecule has 140 valence electrons. The number of nitrogens with zero attached hydrogens (tertiary/aromatic N) is 3. The lowest BCUT2D eigenvalue weighted by molar-refractivity contribution is -0.148. The van der Waals surface area contributed by atoms with Gasteiger partial charge in [-0.3, -0.25) is 4.90 Å². The van der Waals surface area contributed by atoms with E-state index in [9.17, 15) is 13.2 Å². The molecule has 1 aliphatic heterocycles. The van der Waals surface area contributed by atoms with Crippen molar-refractivity contribution in [3.8, 4) is 0 Å². The van der Waals surface area contributed by atoms with E-state index in [2.05, 4.69) is 15.3 Å². The molecule has 0 radical (unpaired) electrons. The second-order valence-electron chi connectivity index (χ2n) is 7.30. The van der Waals surface area contributed by atoms with E-state index >= 15 is 0 Å². The molecular formula is C18H27F3N4. The van der Waals surface area contributed by atoms with Crippen molar-refractivity contribution in [3.05, 3.63) is 17.1 Å². The van der Waals surface area contributed by atoms with E-state index in [1.165, 1.54) is 29.0 Å². The Morgan fingerprint density at radius 2 is 1.84 bits per heavy atom. The van der Waals surface area contributed by atoms with E-state index in [0.29, 0.717) is 19.0 Å². The van der Waals surface area contributed by atoms with Crippen LogP contribution in [-0.2, 0) is 12.8 Å². The van der Waals surface area contributed by atoms with Gasteiger partial charge < -0.3 is 5.32 Å². The molecule has 4 nitrogen and oxygen atoms in total. The molecule has 0 saturated carbocycles. The maximum atomic E-state index is 12.4. The van der Waals surface area contributed by atoms with Crippen LogP contribution in [0.4, 0.5) is 19.0 Å². The van der Waals surface area contributed by atoms with Crippen LogP contribution in [0, 0.1) is 12.8 Å². The zero-order valence-electron chi connectivity index (χ0n) is 14.8. The lowest BCUT2D eigenvalue weighted by Crippen LogP contribution is -2.40. The number of piperidine rings is 1. The Kier molecular flexibility index (Phi) is 5.81. The Balaban J connectivity index is 1.46. The van der Waals surface area contributed by atoms with Crippen LogP contribution in [0.2, 0.25) is 0 Å². The first-order chi connectivity index (χ1) is 11.9. The molecule has 1 aromatic rings. The van der Waals surface area contributed by atoms with Crippen LogP contribution in [0.15, 0.2) is 0 Å². The van der Waals surface area contributed by atoms with E-state index in [0.717, 1.165) is 50.3 Å². The van der Waals surface area contributed by atoms with E-state index in [1.807, 2.05) is 6.92 Å². The number of halogens is 3. The van der Waals surface area contributed by atoms with Crippen LogP contribution in [0.1, 0.15) is 49.2 Å². The second kappa shape index (κ2) is 7.89. The average Bonchev–Trinajstić information content (AvgIpc) is 2.55. The van der Waals surface area contributed by atoms with Gasteiger partial charge >= 0.3 is 6.18 Å². The molecule has 0 amide bonds. The number of likely N-dealkylation sites (tertiary alicyclic amines) is 1. The number of fused-ring (bicyclic) bond motifs is 1. The molecule has 1 saturated heterocycles. The Hall–Kier alpha value is -1.37. The number of hydrogen-bond acceptors (Lipinski definition) is 4. The lowest BCUT2D eigenvalue weighted by Gasteiger charge is -2.32. The Morgan fingerprint density at radius 1 is 1.12 bits per heavy atom. The summed E-state index contributed by atoms with van der Waals surface area (Å²) in [5, 5.41) is 3.47. The average molecular weight is 356 g/mol. The third-order valence-corrected chi connectivity index (χ3v) is 5.25. The van der Waals surface area contributed by atoms with E-state index in [1.54, 1.807) is 0 Å². The van der Waals surface area contributed by atoms with Gasteiger partial charge in [0, 0.05) is 17.8 Å². The number of alkyl halides is 3. The predicted octanol–water partition coefficient (Wildman–Crippen LogP) is 3.74. The number of nitrogens with one attached hydrogen (secondary N) is 1. The topological polar surface area (TPSA) is 41.1 Å². The Labute approximate surface area is 147 Å². The Morgan fingerprint density at radius 3 is 2.56 bits per heavy atom. The molecular weight excluding hydrogens is 329 g/mol. The molecule has 1 aliphatic carbocycles. The maximum absolute atomic E-state index is 12.4. The number of rotatable bonds is 5. The monoisotopic (exact) mass is 356 g/mol. The van der Waals surface area contributed by atoms with Crippen molar-refractivity contribution in [2.24, 2.45) is 5.92 Å². The Bertz CT molecular complexity index is 580. The predicted molar refractivity (Wildman–Crippen MR) is 91.7 cm³/mol. The first kappa shape index (κ1) is 18.4. The normalized spacial score (nSPS) is 19.7. The molecule has 1 fully saturated rings. The van der Waals surface area contributed by atoms with Crippen LogP contribution in [-0.4, -0.2) is 47.2 Å². The third-order valence-electron chi connectivity index (χ3n) is 5.25. The highest BCUT2D eigenvalue weighted by Gasteiger charge is 2.32. The molecule has 1 N–H and O–H groups in total. The maximum Gasteiger partial charge on any atom is 0.401 e. The van der Waals surface area contributed by atoms with Crippen molar-refractivity contribution in [1.82, 2.24) is 14.9 Å². The fourth-order valence-corrected chi connectivity index (χ4v) is 3.95. The fourth-order valence-electron chi connectivity index (χ4n) is 3.95. The van der Waals surface area contributed by atoms with E-state index < -0.39 is 12.7 Å². The van der Waals surface area contributed by atoms with Gasteiger partial charge in [0.2, 0.25) is 0 Å². The first-order valence-electron chi connectivity index (χ1n) is 9.30. The fraction of sp³-hybridized carbons (Fsp3) is 0.778. The quantitative estimate of drug-likeness (QED) is 0.873. The van der Waals surface area contributed by atoms with Crippen LogP contribution < -0.4 is 5.32 Å². The molecule has 0 unspecified atom stereocenters. The van der Waals surface area contributed by atoms with Gasteiger partial charge in [-0.05, 0) is 70.9 Å². The van der Waals surface area contributed by atoms with Gasteiger partial charge in [0.1, 0.15) is 11.6 Å². The van der Waals surface area contributed by atoms with Gasteiger partial charge in [0.25, 0.3) is 0 Å². The van der Waals surface area contributed by atoms with Gasteiger partial charge in [0.15, 0.2) is 0 Å². The summed E-state index contributed by atoms with van der Waals surface area (Å²) < 4.78 is 37.3. The summed E-state index contributed by atoms with van der Waals surface area (Å²) in [6, 6.07) is 0. The third kappa shape index (κ3) is 5.30. The SMILES string of the molecule is Cc1nc2c(c(NCCC3CCN(CC(F)(F)F)CC3)n1)CCCC2. The summed E-state index contributed by atoms with van der Waals surface area (Å²) in [6.45, 7) is 3.08. The highest BCUT2D eigenvalue weighted by molar-refractivity contribution is 5.47. The van der Waals surface area contributed by atoms with Crippen LogP contribution in [0.25, 0.3) is 0 Å². The van der Waals surface area contributed by atoms with Crippen LogP contribution in [0.5, 0.6) is 0 Å². The van der Waals surface area contributed by atoms with Crippen molar-refractivity contribution in [3.63, 3.8) is 0 Å². The highest BCUT2D eigenvalue weighted by atomic mass is 19.4. The molecule has 3 rings (SSSR count). The molecule has 0 spiro atoms. The van der Waals surface area contributed by atoms with Gasteiger partial charge in [-0.2, -0.15) is 13.2 Å². The highest BCUT2D eigenvalue weighted by Crippen LogP contribution is 2.27. The molecule has 0 bridgehead atoms. The molecule has 1 aromatic heterocycles. The smallest absolute Gasteiger partial charge is 0.370 e. The lowest BCUT2D eigenvalue weighted by atomic mass is 9.93. The number of anilines is 1. The minimum atomic E-state index is -4.08. The summed E-state index contributed by atoms with van der Waals surface area (Å²) in [4.78, 5) is 10.6. The largest absolute Gasteiger partial charge is 0.401 e. The van der Waals surface area contributed by atoms with Gasteiger partial charge in [-0.1, -0.05) is 0 Å². The molecule has 2 aliphatic rings. The van der Waals surface area contributed by atoms with Gasteiger partial charge in [0.05, 0.1) is 6.54 Å². The minimum Gasteiger partial charge on any atom is -0.370 e. The van der Waals surface area contributed by atoms with Crippen molar-refractivity contribution in [2.75, 3.05) is 31.5 Å². The zero-order chi connectivity index (χ0) is 17.9. The molecule has 0 atom stereocenters. The van der Waals surface area contributed by atoms with Crippen molar-refractivity contribution >= 4 is 5.82 Å². The van der Waals surface area contributed by atoms with Crippen molar-refractivity contribution in [2.45, 2.75) is 58.0 Å². The van der Waals surface area contributed by atoms with Crippen molar-refractivity contribution in [1.29, 1.82) is 0 Å². The molecule has 25 heavy (non-hydrogen) atoms. The van der Waals surface area contributed by atoms with Crippen LogP contribution in [0.3, 0.4) is 0 Å². The second-order valence-corrected chi connectivity index (χ2v) is 7.30. The summed E-state index contributed by atoms with van der Waals surface area (Å²) in [6.07, 6.45) is 3.04. The summed E-state index contributed by atoms with van der Waals surface area (Å²) in [7, 11) is 0. The number of aromatic nitrogens is 2. The van der Waals surface area contributed by atoms with Gasteiger partial charge in [-0.25, -0.2) is 9.97 Å². The first-order valence-corrected chi connectivity index (χ1v) is 9.30. The van der Waals surface area contributed by atoms with E-state index in [4.69, 9.17) is 0 Å². The minimum absolute atomic E-state index is 0.496. The molecule has 7 heteroatoms. The van der Waals surface area contributed by atoms with E-state index in [-0.39, 0.29) is 0 Å². The van der Waals surface area contributed by atoms with Crippen molar-refractivity contribution < 1.29 is 13.2 Å². The van der Waals surface area contributed by atoms with Crippen LogP contribution >= 0.6 is 0 Å². The van der Waals surface area contributed by atoms with Gasteiger partial charge in [-0.15, -0.1) is 0 Å². The summed E-state index contributed by atoms with van der Waals surface area (Å²) >= 11 is 0. The standard InChI is InChI=1S/C18H27F3N4/c1-13-23-16-5-3-2-4-15(16)17(24-13)22-9-6-14-7-10-25(11-8-14)12-18(19,20)21/h14H,2-12H2,1H3,(H,22,23,24). The summed E-state index contributed by atoms with van der Waals surface area (Å²) in [5.74, 6) is 2.27. The summed E-state index contributed by atoms with van der Waals surface area (Å²) in [5.41, 5.74) is 2.44. The number of hydrogen-bond donors (Lipinski definition) is 1. The zero-order valence-corrected chi connectivity index (χ0v) is 14.8. The molecule has 0 aromatic carbocycles. The molecule has 2 heterocycles. The number of aryl methyl sites for hydroxylation is 2.